The number of cyclic esters (lactones) is 1. The third-order valence-corrected chi connectivity index (χ3v) is 6.23. The summed E-state index contributed by atoms with van der Waals surface area (Å²) in [5, 5.41) is 15.5. The van der Waals surface area contributed by atoms with Crippen LogP contribution in [0.5, 0.6) is 5.75 Å². The number of ether oxygens (including phenoxy) is 2. The largest absolute Gasteiger partial charge is 0.508 e. The van der Waals surface area contributed by atoms with Crippen LogP contribution in [0.3, 0.4) is 0 Å². The predicted octanol–water partition coefficient (Wildman–Crippen LogP) is 1.24. The number of carbonyl (C=O) groups is 4. The molecule has 0 aromatic heterocycles. The van der Waals surface area contributed by atoms with Gasteiger partial charge in [-0.1, -0.05) is 19.9 Å². The Kier molecular flexibility index (Phi) is 8.14. The number of carbonyl (C=O) groups excluding carboxylic acids is 4. The zero-order valence-corrected chi connectivity index (χ0v) is 20.0. The van der Waals surface area contributed by atoms with Crippen molar-refractivity contribution in [1.29, 1.82) is 0 Å². The molecule has 1 aromatic rings. The Morgan fingerprint density at radius 3 is 2.71 bits per heavy atom. The molecule has 2 aliphatic heterocycles. The van der Waals surface area contributed by atoms with Crippen LogP contribution < -0.4 is 10.6 Å². The van der Waals surface area contributed by atoms with Crippen LogP contribution in [0, 0.1) is 12.8 Å². The summed E-state index contributed by atoms with van der Waals surface area (Å²) in [5.41, 5.74) is 0.701. The van der Waals surface area contributed by atoms with Gasteiger partial charge in [-0.25, -0.2) is 0 Å². The molecule has 10 heteroatoms. The van der Waals surface area contributed by atoms with E-state index in [4.69, 9.17) is 9.47 Å². The van der Waals surface area contributed by atoms with Gasteiger partial charge < -0.3 is 30.1 Å². The average molecular weight is 476 g/mol. The molecule has 2 fully saturated rings. The van der Waals surface area contributed by atoms with Gasteiger partial charge in [-0.3, -0.25) is 19.2 Å². The molecule has 2 saturated heterocycles. The fourth-order valence-corrected chi connectivity index (χ4v) is 4.33. The number of amides is 3. The van der Waals surface area contributed by atoms with E-state index in [1.165, 1.54) is 11.0 Å². The summed E-state index contributed by atoms with van der Waals surface area (Å²) >= 11 is 0. The Morgan fingerprint density at radius 1 is 1.29 bits per heavy atom. The van der Waals surface area contributed by atoms with E-state index >= 15 is 0 Å². The Balaban J connectivity index is 1.71. The molecular formula is C24H33N3O7. The molecule has 10 nitrogen and oxygen atoms in total. The lowest BCUT2D eigenvalue weighted by molar-refractivity contribution is -0.164. The van der Waals surface area contributed by atoms with E-state index in [1.54, 1.807) is 26.0 Å². The number of hydrogen-bond donors (Lipinski definition) is 3. The van der Waals surface area contributed by atoms with Crippen molar-refractivity contribution in [2.24, 2.45) is 5.92 Å². The summed E-state index contributed by atoms with van der Waals surface area (Å²) < 4.78 is 10.5. The van der Waals surface area contributed by atoms with Crippen LogP contribution >= 0.6 is 0 Å². The molecule has 4 atom stereocenters. The summed E-state index contributed by atoms with van der Waals surface area (Å²) in [6.07, 6.45) is 0.275. The molecule has 0 unspecified atom stereocenters. The maximum atomic E-state index is 13.5. The third kappa shape index (κ3) is 5.49. The lowest BCUT2D eigenvalue weighted by Gasteiger charge is -2.31. The third-order valence-electron chi connectivity index (χ3n) is 6.23. The van der Waals surface area contributed by atoms with Crippen LogP contribution in [-0.2, 0) is 23.9 Å². The summed E-state index contributed by atoms with van der Waals surface area (Å²) in [6.45, 7) is 7.74. The van der Waals surface area contributed by atoms with Gasteiger partial charge in [0.15, 0.2) is 0 Å². The van der Waals surface area contributed by atoms with Crippen molar-refractivity contribution < 1.29 is 33.8 Å². The lowest BCUT2D eigenvalue weighted by atomic mass is 10.0. The van der Waals surface area contributed by atoms with Crippen molar-refractivity contribution in [2.45, 2.75) is 71.4 Å². The fourth-order valence-electron chi connectivity index (χ4n) is 4.33. The van der Waals surface area contributed by atoms with E-state index in [-0.39, 0.29) is 35.5 Å². The highest BCUT2D eigenvalue weighted by atomic mass is 16.7. The van der Waals surface area contributed by atoms with Gasteiger partial charge in [0, 0.05) is 24.3 Å². The molecule has 34 heavy (non-hydrogen) atoms. The number of likely N-dealkylation sites (tertiary alicyclic amines) is 1. The molecule has 3 N–H and O–H groups in total. The van der Waals surface area contributed by atoms with Gasteiger partial charge in [-0.15, -0.1) is 0 Å². The van der Waals surface area contributed by atoms with Crippen molar-refractivity contribution in [3.63, 3.8) is 0 Å². The lowest BCUT2D eigenvalue weighted by Crippen LogP contribution is -2.56. The molecule has 186 valence electrons. The van der Waals surface area contributed by atoms with Crippen LogP contribution in [0.15, 0.2) is 18.2 Å². The first-order chi connectivity index (χ1) is 16.1. The number of nitrogens with zero attached hydrogens (tertiary/aromatic N) is 1. The van der Waals surface area contributed by atoms with Gasteiger partial charge in [0.25, 0.3) is 5.91 Å². The number of nitrogens with one attached hydrogen (secondary N) is 2. The van der Waals surface area contributed by atoms with Crippen molar-refractivity contribution in [2.75, 3.05) is 13.2 Å². The van der Waals surface area contributed by atoms with Crippen molar-refractivity contribution >= 4 is 23.7 Å². The van der Waals surface area contributed by atoms with Crippen LogP contribution in [0.2, 0.25) is 0 Å². The van der Waals surface area contributed by atoms with Crippen LogP contribution in [0.1, 0.15) is 56.0 Å². The van der Waals surface area contributed by atoms with E-state index in [0.717, 1.165) is 0 Å². The quantitative estimate of drug-likeness (QED) is 0.482. The zero-order chi connectivity index (χ0) is 25.0. The normalized spacial score (nSPS) is 23.0. The topological polar surface area (TPSA) is 134 Å². The number of phenols is 1. The van der Waals surface area contributed by atoms with Crippen molar-refractivity contribution in [1.82, 2.24) is 15.5 Å². The van der Waals surface area contributed by atoms with E-state index in [0.29, 0.717) is 31.6 Å². The first-order valence-corrected chi connectivity index (χ1v) is 11.6. The molecule has 0 bridgehead atoms. The minimum atomic E-state index is -0.852. The predicted molar refractivity (Wildman–Crippen MR) is 122 cm³/mol. The maximum absolute atomic E-state index is 13.5. The van der Waals surface area contributed by atoms with Gasteiger partial charge in [-0.05, 0) is 44.7 Å². The Morgan fingerprint density at radius 2 is 2.03 bits per heavy atom. The van der Waals surface area contributed by atoms with E-state index in [9.17, 15) is 24.3 Å². The monoisotopic (exact) mass is 475 g/mol. The summed E-state index contributed by atoms with van der Waals surface area (Å²) in [7, 11) is 0. The average Bonchev–Trinajstić information content (AvgIpc) is 3.40. The number of esters is 1. The summed E-state index contributed by atoms with van der Waals surface area (Å²) in [5.74, 6) is -1.89. The molecule has 3 amide bonds. The molecule has 2 heterocycles. The molecule has 1 aromatic carbocycles. The highest BCUT2D eigenvalue weighted by Crippen LogP contribution is 2.24. The van der Waals surface area contributed by atoms with E-state index in [2.05, 4.69) is 10.6 Å². The van der Waals surface area contributed by atoms with Crippen molar-refractivity contribution in [3.8, 4) is 5.75 Å². The van der Waals surface area contributed by atoms with Gasteiger partial charge in [0.2, 0.25) is 18.1 Å². The van der Waals surface area contributed by atoms with Gasteiger partial charge >= 0.3 is 5.97 Å². The Labute approximate surface area is 199 Å². The maximum Gasteiger partial charge on any atom is 0.310 e. The Bertz CT molecular complexity index is 948. The second-order valence-electron chi connectivity index (χ2n) is 8.97. The molecule has 0 aliphatic carbocycles. The van der Waals surface area contributed by atoms with Crippen LogP contribution in [0.25, 0.3) is 0 Å². The molecule has 0 spiro atoms. The second-order valence-corrected chi connectivity index (χ2v) is 8.97. The molecule has 0 saturated carbocycles. The Hall–Kier alpha value is -3.14. The van der Waals surface area contributed by atoms with Gasteiger partial charge in [-0.2, -0.15) is 0 Å². The number of rotatable bonds is 8. The van der Waals surface area contributed by atoms with Gasteiger partial charge in [0.05, 0.1) is 6.42 Å². The molecule has 3 rings (SSSR count). The number of aromatic hydroxyl groups is 1. The standard InChI is InChI=1S/C24H33N3O7/c1-5-33-24-16(12-19(29)34-24)25-22(31)17-9-7-11-27(17)23(32)20(13(2)3)26-21(30)15-8-6-10-18(28)14(15)4/h6,8,10,13,16-17,20,24,28H,5,7,9,11-12H2,1-4H3,(H,25,31)(H,26,30)/t16-,17-,20-,24+/m0/s1. The highest BCUT2D eigenvalue weighted by molar-refractivity contribution is 6.00. The smallest absolute Gasteiger partial charge is 0.310 e. The minimum absolute atomic E-state index is 0.00363. The zero-order valence-electron chi connectivity index (χ0n) is 20.0. The summed E-state index contributed by atoms with van der Waals surface area (Å²) in [6, 6.07) is 2.45. The minimum Gasteiger partial charge on any atom is -0.508 e. The second kappa shape index (κ2) is 10.9. The van der Waals surface area contributed by atoms with E-state index < -0.39 is 36.3 Å². The first kappa shape index (κ1) is 25.5. The van der Waals surface area contributed by atoms with Crippen molar-refractivity contribution in [3.05, 3.63) is 29.3 Å². The molecule has 0 radical (unpaired) electrons. The number of hydrogen-bond acceptors (Lipinski definition) is 7. The SMILES string of the molecule is CCO[C@@H]1OC(=O)C[C@@H]1NC(=O)[C@@H]1CCCN1C(=O)[C@@H](NC(=O)c1cccc(O)c1C)C(C)C. The van der Waals surface area contributed by atoms with Gasteiger partial charge in [0.1, 0.15) is 23.9 Å². The number of phenolic OH excluding ortho intramolecular Hbond substituents is 1. The highest BCUT2D eigenvalue weighted by Gasteiger charge is 2.42. The van der Waals surface area contributed by atoms with Crippen LogP contribution in [0.4, 0.5) is 0 Å². The summed E-state index contributed by atoms with van der Waals surface area (Å²) in [4.78, 5) is 52.6. The first-order valence-electron chi connectivity index (χ1n) is 11.6. The molecule has 2 aliphatic rings. The fraction of sp³-hybridized carbons (Fsp3) is 0.583. The van der Waals surface area contributed by atoms with Crippen LogP contribution in [-0.4, -0.2) is 71.3 Å². The molecular weight excluding hydrogens is 442 g/mol. The number of benzene rings is 1. The van der Waals surface area contributed by atoms with E-state index in [1.807, 2.05) is 13.8 Å².